The largest absolute Gasteiger partial charge is 0.469 e. The Labute approximate surface area is 104 Å². The highest BCUT2D eigenvalue weighted by molar-refractivity contribution is 4.99. The molecule has 3 nitrogen and oxygen atoms in total. The molecule has 0 aliphatic carbocycles. The highest BCUT2D eigenvalue weighted by atomic mass is 16.5. The first-order valence-corrected chi connectivity index (χ1v) is 6.72. The summed E-state index contributed by atoms with van der Waals surface area (Å²) in [6.07, 6.45) is 8.09. The predicted octanol–water partition coefficient (Wildman–Crippen LogP) is 2.76. The Hall–Kier alpha value is -0.800. The average molecular weight is 237 g/mol. The van der Waals surface area contributed by atoms with Gasteiger partial charge >= 0.3 is 0 Å². The second-order valence-electron chi connectivity index (χ2n) is 4.92. The summed E-state index contributed by atoms with van der Waals surface area (Å²) in [5, 5.41) is 3.53. The first kappa shape index (κ1) is 12.7. The van der Waals surface area contributed by atoms with Gasteiger partial charge in [0.1, 0.15) is 5.76 Å². The molecule has 0 saturated carbocycles. The minimum atomic E-state index is 0.463. The Morgan fingerprint density at radius 2 is 2.41 bits per heavy atom. The van der Waals surface area contributed by atoms with Gasteiger partial charge in [-0.25, -0.2) is 0 Å². The third kappa shape index (κ3) is 4.52. The van der Waals surface area contributed by atoms with E-state index in [1.165, 1.54) is 19.3 Å². The molecule has 1 N–H and O–H groups in total. The number of furan rings is 1. The summed E-state index contributed by atoms with van der Waals surface area (Å²) >= 11 is 0. The van der Waals surface area contributed by atoms with E-state index in [1.54, 1.807) is 6.26 Å². The van der Waals surface area contributed by atoms with Crippen molar-refractivity contribution in [2.24, 2.45) is 0 Å². The minimum absolute atomic E-state index is 0.463. The van der Waals surface area contributed by atoms with Crippen LogP contribution in [-0.4, -0.2) is 25.3 Å². The minimum Gasteiger partial charge on any atom is -0.469 e. The fourth-order valence-corrected chi connectivity index (χ4v) is 2.33. The van der Waals surface area contributed by atoms with E-state index in [0.717, 1.165) is 31.8 Å². The van der Waals surface area contributed by atoms with E-state index in [1.807, 2.05) is 12.1 Å². The van der Waals surface area contributed by atoms with E-state index in [4.69, 9.17) is 9.15 Å². The lowest BCUT2D eigenvalue weighted by Gasteiger charge is -2.23. The fourth-order valence-electron chi connectivity index (χ4n) is 2.33. The zero-order valence-electron chi connectivity index (χ0n) is 10.7. The van der Waals surface area contributed by atoms with E-state index in [2.05, 4.69) is 12.2 Å². The van der Waals surface area contributed by atoms with Gasteiger partial charge in [-0.05, 0) is 51.3 Å². The molecule has 2 unspecified atom stereocenters. The van der Waals surface area contributed by atoms with Crippen LogP contribution < -0.4 is 5.32 Å². The number of hydrogen-bond donors (Lipinski definition) is 1. The number of ether oxygens (including phenoxy) is 1. The summed E-state index contributed by atoms with van der Waals surface area (Å²) in [6, 6.07) is 4.44. The van der Waals surface area contributed by atoms with Crippen LogP contribution in [0.15, 0.2) is 22.8 Å². The maximum atomic E-state index is 5.71. The van der Waals surface area contributed by atoms with Crippen molar-refractivity contribution in [1.29, 1.82) is 0 Å². The lowest BCUT2D eigenvalue weighted by molar-refractivity contribution is 0.0112. The summed E-state index contributed by atoms with van der Waals surface area (Å²) in [5.74, 6) is 1.05. The second kappa shape index (κ2) is 6.82. The van der Waals surface area contributed by atoms with Gasteiger partial charge in [-0.1, -0.05) is 0 Å². The van der Waals surface area contributed by atoms with Crippen molar-refractivity contribution in [1.82, 2.24) is 5.32 Å². The molecule has 0 aromatic carbocycles. The van der Waals surface area contributed by atoms with Gasteiger partial charge in [0.05, 0.1) is 12.4 Å². The highest BCUT2D eigenvalue weighted by Crippen LogP contribution is 2.15. The van der Waals surface area contributed by atoms with Crippen LogP contribution in [0.5, 0.6) is 0 Å². The average Bonchev–Trinajstić information content (AvgIpc) is 2.83. The molecular formula is C14H23NO2. The molecule has 2 atom stereocenters. The van der Waals surface area contributed by atoms with Gasteiger partial charge in [0.25, 0.3) is 0 Å². The molecule has 1 aromatic rings. The van der Waals surface area contributed by atoms with Gasteiger partial charge in [-0.15, -0.1) is 0 Å². The van der Waals surface area contributed by atoms with E-state index >= 15 is 0 Å². The van der Waals surface area contributed by atoms with Crippen molar-refractivity contribution in [2.75, 3.05) is 13.2 Å². The van der Waals surface area contributed by atoms with Crippen molar-refractivity contribution in [3.05, 3.63) is 24.2 Å². The SMILES string of the molecule is CC(Cc1ccco1)NCCC1CCCCO1. The Morgan fingerprint density at radius 3 is 3.12 bits per heavy atom. The van der Waals surface area contributed by atoms with Gasteiger partial charge in [-0.2, -0.15) is 0 Å². The predicted molar refractivity (Wildman–Crippen MR) is 68.1 cm³/mol. The smallest absolute Gasteiger partial charge is 0.105 e. The molecule has 17 heavy (non-hydrogen) atoms. The molecule has 0 radical (unpaired) electrons. The number of hydrogen-bond acceptors (Lipinski definition) is 3. The fraction of sp³-hybridized carbons (Fsp3) is 0.714. The first-order chi connectivity index (χ1) is 8.34. The molecule has 1 aliphatic heterocycles. The summed E-state index contributed by atoms with van der Waals surface area (Å²) in [4.78, 5) is 0. The summed E-state index contributed by atoms with van der Waals surface area (Å²) < 4.78 is 11.0. The second-order valence-corrected chi connectivity index (χ2v) is 4.92. The molecule has 0 bridgehead atoms. The Kier molecular flexibility index (Phi) is 5.08. The highest BCUT2D eigenvalue weighted by Gasteiger charge is 2.13. The summed E-state index contributed by atoms with van der Waals surface area (Å²) in [5.41, 5.74) is 0. The quantitative estimate of drug-likeness (QED) is 0.826. The van der Waals surface area contributed by atoms with Gasteiger partial charge in [-0.3, -0.25) is 0 Å². The van der Waals surface area contributed by atoms with Crippen LogP contribution in [0, 0.1) is 0 Å². The van der Waals surface area contributed by atoms with Crippen LogP contribution in [0.1, 0.15) is 38.4 Å². The molecule has 1 aliphatic rings. The normalized spacial score (nSPS) is 22.5. The van der Waals surface area contributed by atoms with Crippen molar-refractivity contribution in [2.45, 2.75) is 51.2 Å². The number of rotatable bonds is 6. The monoisotopic (exact) mass is 237 g/mol. The van der Waals surface area contributed by atoms with Crippen LogP contribution in [0.25, 0.3) is 0 Å². The van der Waals surface area contributed by atoms with Crippen molar-refractivity contribution in [3.8, 4) is 0 Å². The van der Waals surface area contributed by atoms with Crippen LogP contribution in [-0.2, 0) is 11.2 Å². The standard InChI is InChI=1S/C14H23NO2/c1-12(11-14-6-4-10-17-14)15-8-7-13-5-2-3-9-16-13/h4,6,10,12-13,15H,2-3,5,7-9,11H2,1H3. The third-order valence-electron chi connectivity index (χ3n) is 3.32. The molecular weight excluding hydrogens is 214 g/mol. The molecule has 0 amide bonds. The van der Waals surface area contributed by atoms with E-state index < -0.39 is 0 Å². The molecule has 1 saturated heterocycles. The van der Waals surface area contributed by atoms with Crippen molar-refractivity contribution >= 4 is 0 Å². The molecule has 0 spiro atoms. The molecule has 1 aromatic heterocycles. The molecule has 1 fully saturated rings. The first-order valence-electron chi connectivity index (χ1n) is 6.72. The molecule has 96 valence electrons. The lowest BCUT2D eigenvalue weighted by Crippen LogP contribution is -2.32. The Balaban J connectivity index is 1.58. The Bertz CT molecular complexity index is 291. The van der Waals surface area contributed by atoms with Crippen molar-refractivity contribution < 1.29 is 9.15 Å². The molecule has 2 rings (SSSR count). The van der Waals surface area contributed by atoms with Gasteiger partial charge < -0.3 is 14.5 Å². The molecule has 3 heteroatoms. The summed E-state index contributed by atoms with van der Waals surface area (Å²) in [6.45, 7) is 4.18. The third-order valence-corrected chi connectivity index (χ3v) is 3.32. The number of nitrogens with one attached hydrogen (secondary N) is 1. The Morgan fingerprint density at radius 1 is 1.47 bits per heavy atom. The van der Waals surface area contributed by atoms with Gasteiger partial charge in [0.2, 0.25) is 0 Å². The maximum Gasteiger partial charge on any atom is 0.105 e. The van der Waals surface area contributed by atoms with Crippen LogP contribution in [0.4, 0.5) is 0 Å². The van der Waals surface area contributed by atoms with E-state index in [-0.39, 0.29) is 0 Å². The van der Waals surface area contributed by atoms with E-state index in [9.17, 15) is 0 Å². The maximum absolute atomic E-state index is 5.71. The van der Waals surface area contributed by atoms with Crippen molar-refractivity contribution in [3.63, 3.8) is 0 Å². The van der Waals surface area contributed by atoms with Crippen LogP contribution in [0.2, 0.25) is 0 Å². The van der Waals surface area contributed by atoms with E-state index in [0.29, 0.717) is 12.1 Å². The topological polar surface area (TPSA) is 34.4 Å². The van der Waals surface area contributed by atoms with Gasteiger partial charge in [0, 0.05) is 19.1 Å². The lowest BCUT2D eigenvalue weighted by atomic mass is 10.1. The zero-order valence-corrected chi connectivity index (χ0v) is 10.7. The zero-order chi connectivity index (χ0) is 11.9. The van der Waals surface area contributed by atoms with Crippen LogP contribution in [0.3, 0.4) is 0 Å². The summed E-state index contributed by atoms with van der Waals surface area (Å²) in [7, 11) is 0. The van der Waals surface area contributed by atoms with Crippen LogP contribution >= 0.6 is 0 Å². The molecule has 2 heterocycles. The van der Waals surface area contributed by atoms with Gasteiger partial charge in [0.15, 0.2) is 0 Å².